The van der Waals surface area contributed by atoms with E-state index in [-0.39, 0.29) is 18.0 Å². The Balaban J connectivity index is 1.51. The molecule has 0 radical (unpaired) electrons. The van der Waals surface area contributed by atoms with Crippen molar-refractivity contribution in [3.63, 3.8) is 0 Å². The van der Waals surface area contributed by atoms with Gasteiger partial charge in [-0.2, -0.15) is 0 Å². The van der Waals surface area contributed by atoms with E-state index in [9.17, 15) is 9.59 Å². The summed E-state index contributed by atoms with van der Waals surface area (Å²) in [5.74, 6) is 0.118. The summed E-state index contributed by atoms with van der Waals surface area (Å²) in [5.41, 5.74) is 0.557. The number of halogens is 2. The molecule has 2 aliphatic heterocycles. The van der Waals surface area contributed by atoms with Crippen LogP contribution in [0.5, 0.6) is 0 Å². The molecule has 0 bridgehead atoms. The number of nitrogens with one attached hydrogen (secondary N) is 2. The lowest BCUT2D eigenvalue weighted by molar-refractivity contribution is -0.136. The Hall–Kier alpha value is -1.54. The van der Waals surface area contributed by atoms with Gasteiger partial charge in [0, 0.05) is 67.6 Å². The van der Waals surface area contributed by atoms with E-state index in [0.29, 0.717) is 48.0 Å². The minimum absolute atomic E-state index is 0.118. The SMILES string of the molecule is CC(C)N1CCN[C@@H](C(=O)N2CCN(C(=O)Nc3cc(Cl)cc(Cl)c3)CC2)C1. The maximum atomic E-state index is 12.9. The Morgan fingerprint density at radius 1 is 1.04 bits per heavy atom. The molecule has 0 aromatic heterocycles. The van der Waals surface area contributed by atoms with Crippen molar-refractivity contribution < 1.29 is 9.59 Å². The highest BCUT2D eigenvalue weighted by molar-refractivity contribution is 6.35. The second-order valence-corrected chi connectivity index (χ2v) is 8.37. The van der Waals surface area contributed by atoms with Crippen LogP contribution in [0.2, 0.25) is 10.0 Å². The number of anilines is 1. The summed E-state index contributed by atoms with van der Waals surface area (Å²) in [6.45, 7) is 8.85. The third kappa shape index (κ3) is 5.29. The molecule has 2 N–H and O–H groups in total. The van der Waals surface area contributed by atoms with Gasteiger partial charge in [0.25, 0.3) is 0 Å². The van der Waals surface area contributed by atoms with Crippen LogP contribution in [0.3, 0.4) is 0 Å². The van der Waals surface area contributed by atoms with Gasteiger partial charge in [-0.15, -0.1) is 0 Å². The van der Waals surface area contributed by atoms with Gasteiger partial charge in [-0.05, 0) is 32.0 Å². The fourth-order valence-electron chi connectivity index (χ4n) is 3.59. The lowest BCUT2D eigenvalue weighted by Gasteiger charge is -2.40. The molecule has 2 fully saturated rings. The highest BCUT2D eigenvalue weighted by atomic mass is 35.5. The van der Waals surface area contributed by atoms with Crippen LogP contribution < -0.4 is 10.6 Å². The van der Waals surface area contributed by atoms with E-state index < -0.39 is 0 Å². The monoisotopic (exact) mass is 427 g/mol. The van der Waals surface area contributed by atoms with Crippen molar-refractivity contribution >= 4 is 40.8 Å². The van der Waals surface area contributed by atoms with Gasteiger partial charge in [-0.3, -0.25) is 9.69 Å². The van der Waals surface area contributed by atoms with Crippen molar-refractivity contribution in [1.29, 1.82) is 0 Å². The molecular formula is C19H27Cl2N5O2. The summed E-state index contributed by atoms with van der Waals surface area (Å²) in [7, 11) is 0. The highest BCUT2D eigenvalue weighted by Crippen LogP contribution is 2.23. The van der Waals surface area contributed by atoms with Crippen molar-refractivity contribution in [2.24, 2.45) is 0 Å². The molecule has 9 heteroatoms. The highest BCUT2D eigenvalue weighted by Gasteiger charge is 2.32. The molecule has 0 spiro atoms. The molecule has 0 aliphatic carbocycles. The van der Waals surface area contributed by atoms with Crippen LogP contribution in [-0.2, 0) is 4.79 Å². The molecule has 0 unspecified atom stereocenters. The maximum Gasteiger partial charge on any atom is 0.321 e. The molecule has 1 atom stereocenters. The molecule has 1 aromatic carbocycles. The maximum absolute atomic E-state index is 12.9. The smallest absolute Gasteiger partial charge is 0.321 e. The molecule has 2 saturated heterocycles. The van der Waals surface area contributed by atoms with E-state index in [2.05, 4.69) is 29.4 Å². The first-order valence-electron chi connectivity index (χ1n) is 9.61. The first kappa shape index (κ1) is 21.2. The van der Waals surface area contributed by atoms with Crippen LogP contribution in [0, 0.1) is 0 Å². The van der Waals surface area contributed by atoms with Gasteiger partial charge in [0.15, 0.2) is 0 Å². The largest absolute Gasteiger partial charge is 0.338 e. The van der Waals surface area contributed by atoms with Crippen LogP contribution in [0.25, 0.3) is 0 Å². The van der Waals surface area contributed by atoms with Crippen molar-refractivity contribution in [3.8, 4) is 0 Å². The molecule has 2 heterocycles. The zero-order chi connectivity index (χ0) is 20.3. The molecule has 28 heavy (non-hydrogen) atoms. The number of hydrogen-bond donors (Lipinski definition) is 2. The van der Waals surface area contributed by atoms with Gasteiger partial charge in [-0.1, -0.05) is 23.2 Å². The summed E-state index contributed by atoms with van der Waals surface area (Å²) in [4.78, 5) is 31.2. The van der Waals surface area contributed by atoms with Crippen LogP contribution in [-0.4, -0.2) is 84.5 Å². The molecule has 2 aliphatic rings. The third-order valence-electron chi connectivity index (χ3n) is 5.23. The van der Waals surface area contributed by atoms with Gasteiger partial charge < -0.3 is 20.4 Å². The zero-order valence-electron chi connectivity index (χ0n) is 16.3. The number of nitrogens with zero attached hydrogens (tertiary/aromatic N) is 3. The van der Waals surface area contributed by atoms with Gasteiger partial charge in [-0.25, -0.2) is 4.79 Å². The minimum atomic E-state index is -0.216. The summed E-state index contributed by atoms with van der Waals surface area (Å²) in [5, 5.41) is 7.07. The van der Waals surface area contributed by atoms with E-state index in [0.717, 1.165) is 19.6 Å². The molecule has 1 aromatic rings. The van der Waals surface area contributed by atoms with E-state index in [1.54, 1.807) is 23.1 Å². The summed E-state index contributed by atoms with van der Waals surface area (Å²) < 4.78 is 0. The van der Waals surface area contributed by atoms with E-state index in [4.69, 9.17) is 23.2 Å². The number of amides is 3. The predicted octanol–water partition coefficient (Wildman–Crippen LogP) is 2.35. The van der Waals surface area contributed by atoms with Crippen molar-refractivity contribution in [3.05, 3.63) is 28.2 Å². The van der Waals surface area contributed by atoms with Crippen LogP contribution in [0.15, 0.2) is 18.2 Å². The number of urea groups is 1. The molecule has 7 nitrogen and oxygen atoms in total. The second kappa shape index (κ2) is 9.31. The average Bonchev–Trinajstić information content (AvgIpc) is 2.66. The Kier molecular flexibility index (Phi) is 7.04. The minimum Gasteiger partial charge on any atom is -0.338 e. The molecule has 3 amide bonds. The third-order valence-corrected chi connectivity index (χ3v) is 5.66. The standard InChI is InChI=1S/C19H27Cl2N5O2/c1-13(2)26-4-3-22-17(12-26)18(27)24-5-7-25(8-6-24)19(28)23-16-10-14(20)9-15(21)11-16/h9-11,13,17,22H,3-8,12H2,1-2H3,(H,23,28)/t17-/m1/s1. The number of hydrogen-bond acceptors (Lipinski definition) is 4. The molecule has 0 saturated carbocycles. The van der Waals surface area contributed by atoms with E-state index in [1.165, 1.54) is 0 Å². The van der Waals surface area contributed by atoms with Crippen molar-refractivity contribution in [2.75, 3.05) is 51.1 Å². The van der Waals surface area contributed by atoms with Crippen molar-refractivity contribution in [1.82, 2.24) is 20.0 Å². The Labute approximate surface area is 175 Å². The topological polar surface area (TPSA) is 67.9 Å². The Morgan fingerprint density at radius 3 is 2.25 bits per heavy atom. The fourth-order valence-corrected chi connectivity index (χ4v) is 4.11. The van der Waals surface area contributed by atoms with E-state index in [1.807, 2.05) is 4.90 Å². The first-order valence-corrected chi connectivity index (χ1v) is 10.4. The van der Waals surface area contributed by atoms with Gasteiger partial charge in [0.1, 0.15) is 0 Å². The number of rotatable bonds is 3. The van der Waals surface area contributed by atoms with Crippen LogP contribution >= 0.6 is 23.2 Å². The number of carbonyl (C=O) groups excluding carboxylic acids is 2. The van der Waals surface area contributed by atoms with Gasteiger partial charge >= 0.3 is 6.03 Å². The summed E-state index contributed by atoms with van der Waals surface area (Å²) in [6.07, 6.45) is 0. The summed E-state index contributed by atoms with van der Waals surface area (Å²) >= 11 is 11.9. The number of carbonyl (C=O) groups is 2. The second-order valence-electron chi connectivity index (χ2n) is 7.50. The van der Waals surface area contributed by atoms with Gasteiger partial charge in [0.2, 0.25) is 5.91 Å². The quantitative estimate of drug-likeness (QED) is 0.776. The number of benzene rings is 1. The predicted molar refractivity (Wildman–Crippen MR) is 112 cm³/mol. The zero-order valence-corrected chi connectivity index (χ0v) is 17.8. The van der Waals surface area contributed by atoms with Crippen LogP contribution in [0.1, 0.15) is 13.8 Å². The number of piperazine rings is 2. The first-order chi connectivity index (χ1) is 13.3. The molecular weight excluding hydrogens is 401 g/mol. The van der Waals surface area contributed by atoms with Crippen molar-refractivity contribution in [2.45, 2.75) is 25.9 Å². The normalized spacial score (nSPS) is 21.1. The van der Waals surface area contributed by atoms with Crippen LogP contribution in [0.4, 0.5) is 10.5 Å². The average molecular weight is 428 g/mol. The van der Waals surface area contributed by atoms with E-state index >= 15 is 0 Å². The summed E-state index contributed by atoms with van der Waals surface area (Å²) in [6, 6.07) is 4.96. The lowest BCUT2D eigenvalue weighted by Crippen LogP contribution is -2.61. The molecule has 154 valence electrons. The molecule has 3 rings (SSSR count). The Bertz CT molecular complexity index is 702. The fraction of sp³-hybridized carbons (Fsp3) is 0.579. The lowest BCUT2D eigenvalue weighted by atomic mass is 10.1. The van der Waals surface area contributed by atoms with Gasteiger partial charge in [0.05, 0.1) is 6.04 Å². The Morgan fingerprint density at radius 2 is 1.64 bits per heavy atom.